The minimum Gasteiger partial charge on any atom is -0.436 e. The first-order valence-corrected chi connectivity index (χ1v) is 8.90. The molecule has 4 nitrogen and oxygen atoms in total. The van der Waals surface area contributed by atoms with Crippen LogP contribution in [0.3, 0.4) is 0 Å². The first-order chi connectivity index (χ1) is 12.6. The molecular weight excluding hydrogens is 446 g/mol. The Hall–Kier alpha value is -2.74. The van der Waals surface area contributed by atoms with E-state index >= 15 is 0 Å². The lowest BCUT2D eigenvalue weighted by Gasteiger charge is -2.05. The summed E-state index contributed by atoms with van der Waals surface area (Å²) < 4.78 is 20.5. The largest absolute Gasteiger partial charge is 0.436 e. The molecule has 4 rings (SSSR count). The lowest BCUT2D eigenvalue weighted by atomic mass is 10.2. The molecule has 0 saturated heterocycles. The molecule has 0 spiro atoms. The molecule has 0 unspecified atom stereocenters. The molecule has 0 saturated carbocycles. The van der Waals surface area contributed by atoms with Crippen LogP contribution in [0.1, 0.15) is 10.4 Å². The Labute approximate surface area is 162 Å². The highest BCUT2D eigenvalue weighted by atomic mass is 127. The molecule has 4 aromatic rings. The van der Waals surface area contributed by atoms with Crippen LogP contribution in [0.5, 0.6) is 0 Å². The minimum atomic E-state index is -0.397. The highest BCUT2D eigenvalue weighted by Crippen LogP contribution is 2.28. The molecule has 0 bridgehead atoms. The molecule has 128 valence electrons. The number of aromatic nitrogens is 1. The Bertz CT molecular complexity index is 1120. The van der Waals surface area contributed by atoms with Crippen LogP contribution in [-0.2, 0) is 0 Å². The number of oxazole rings is 1. The Morgan fingerprint density at radius 1 is 1.04 bits per heavy atom. The zero-order chi connectivity index (χ0) is 18.1. The van der Waals surface area contributed by atoms with Crippen LogP contribution in [0.25, 0.3) is 22.6 Å². The lowest BCUT2D eigenvalue weighted by Crippen LogP contribution is -2.11. The van der Waals surface area contributed by atoms with E-state index in [1.807, 2.05) is 12.1 Å². The zero-order valence-corrected chi connectivity index (χ0v) is 15.5. The standard InChI is InChI=1S/C20H12FIN2O2/c21-16-7-2-1-6-15(16)20-24-17-11-14(8-9-18(17)26-20)23-19(25)12-4-3-5-13(22)10-12/h1-11H,(H,23,25). The van der Waals surface area contributed by atoms with Gasteiger partial charge in [-0.05, 0) is 71.1 Å². The number of hydrogen-bond donors (Lipinski definition) is 1. The molecule has 3 aromatic carbocycles. The van der Waals surface area contributed by atoms with Gasteiger partial charge in [0.2, 0.25) is 5.89 Å². The predicted molar refractivity (Wildman–Crippen MR) is 107 cm³/mol. The first-order valence-electron chi connectivity index (χ1n) is 7.82. The van der Waals surface area contributed by atoms with E-state index in [2.05, 4.69) is 32.9 Å². The van der Waals surface area contributed by atoms with Gasteiger partial charge in [0.05, 0.1) is 5.56 Å². The van der Waals surface area contributed by atoms with E-state index in [0.717, 1.165) is 3.57 Å². The van der Waals surface area contributed by atoms with Gasteiger partial charge in [0.15, 0.2) is 5.58 Å². The highest BCUT2D eigenvalue weighted by Gasteiger charge is 2.13. The maximum Gasteiger partial charge on any atom is 0.255 e. The van der Waals surface area contributed by atoms with Crippen molar-refractivity contribution in [3.63, 3.8) is 0 Å². The van der Waals surface area contributed by atoms with Crippen LogP contribution >= 0.6 is 22.6 Å². The lowest BCUT2D eigenvalue weighted by molar-refractivity contribution is 0.102. The topological polar surface area (TPSA) is 55.1 Å². The summed E-state index contributed by atoms with van der Waals surface area (Å²) in [6.07, 6.45) is 0. The van der Waals surface area contributed by atoms with Crippen molar-refractivity contribution in [2.24, 2.45) is 0 Å². The number of nitrogens with zero attached hydrogens (tertiary/aromatic N) is 1. The molecule has 1 N–H and O–H groups in total. The van der Waals surface area contributed by atoms with Gasteiger partial charge in [-0.2, -0.15) is 0 Å². The third-order valence-electron chi connectivity index (χ3n) is 3.84. The van der Waals surface area contributed by atoms with E-state index in [-0.39, 0.29) is 11.8 Å². The minimum absolute atomic E-state index is 0.208. The monoisotopic (exact) mass is 458 g/mol. The van der Waals surface area contributed by atoms with E-state index in [9.17, 15) is 9.18 Å². The van der Waals surface area contributed by atoms with E-state index in [4.69, 9.17) is 4.42 Å². The molecule has 1 amide bonds. The predicted octanol–water partition coefficient (Wildman–Crippen LogP) is 5.49. The molecule has 6 heteroatoms. The number of carbonyl (C=O) groups excluding carboxylic acids is 1. The summed E-state index contributed by atoms with van der Waals surface area (Å²) in [5.41, 5.74) is 2.53. The second-order valence-electron chi connectivity index (χ2n) is 5.65. The number of benzene rings is 3. The summed E-state index contributed by atoms with van der Waals surface area (Å²) in [6.45, 7) is 0. The molecule has 0 atom stereocenters. The number of fused-ring (bicyclic) bond motifs is 1. The molecular formula is C20H12FIN2O2. The van der Waals surface area contributed by atoms with Gasteiger partial charge in [0, 0.05) is 14.8 Å². The van der Waals surface area contributed by atoms with Gasteiger partial charge in [0.1, 0.15) is 11.3 Å². The average Bonchev–Trinajstić information content (AvgIpc) is 3.05. The third-order valence-corrected chi connectivity index (χ3v) is 4.51. The molecule has 0 aliphatic carbocycles. The number of hydrogen-bond acceptors (Lipinski definition) is 3. The number of rotatable bonds is 3. The average molecular weight is 458 g/mol. The highest BCUT2D eigenvalue weighted by molar-refractivity contribution is 14.1. The summed E-state index contributed by atoms with van der Waals surface area (Å²) in [4.78, 5) is 16.7. The molecule has 0 aliphatic rings. The summed E-state index contributed by atoms with van der Waals surface area (Å²) in [5, 5.41) is 2.84. The van der Waals surface area contributed by atoms with Gasteiger partial charge in [-0.25, -0.2) is 9.37 Å². The van der Waals surface area contributed by atoms with Crippen molar-refractivity contribution >= 4 is 45.3 Å². The van der Waals surface area contributed by atoms with Crippen molar-refractivity contribution in [1.82, 2.24) is 4.98 Å². The van der Waals surface area contributed by atoms with E-state index < -0.39 is 5.82 Å². The van der Waals surface area contributed by atoms with Crippen molar-refractivity contribution in [3.05, 3.63) is 81.7 Å². The first kappa shape index (κ1) is 16.7. The quantitative estimate of drug-likeness (QED) is 0.413. The maximum absolute atomic E-state index is 13.9. The maximum atomic E-state index is 13.9. The number of nitrogens with one attached hydrogen (secondary N) is 1. The Kier molecular flexibility index (Phi) is 4.42. The summed E-state index contributed by atoms with van der Waals surface area (Å²) >= 11 is 2.16. The Balaban J connectivity index is 1.64. The van der Waals surface area contributed by atoms with Crippen LogP contribution in [-0.4, -0.2) is 10.9 Å². The van der Waals surface area contributed by atoms with Crippen molar-refractivity contribution in [3.8, 4) is 11.5 Å². The molecule has 26 heavy (non-hydrogen) atoms. The van der Waals surface area contributed by atoms with Crippen molar-refractivity contribution in [1.29, 1.82) is 0 Å². The van der Waals surface area contributed by atoms with Crippen LogP contribution in [0.4, 0.5) is 10.1 Å². The zero-order valence-electron chi connectivity index (χ0n) is 13.4. The SMILES string of the molecule is O=C(Nc1ccc2oc(-c3ccccc3F)nc2c1)c1cccc(I)c1. The van der Waals surface area contributed by atoms with Crippen LogP contribution in [0.15, 0.2) is 71.1 Å². The van der Waals surface area contributed by atoms with E-state index in [1.165, 1.54) is 6.07 Å². The normalized spacial score (nSPS) is 10.8. The fraction of sp³-hybridized carbons (Fsp3) is 0. The summed E-state index contributed by atoms with van der Waals surface area (Å²) in [7, 11) is 0. The van der Waals surface area contributed by atoms with Gasteiger partial charge < -0.3 is 9.73 Å². The number of anilines is 1. The van der Waals surface area contributed by atoms with Crippen LogP contribution < -0.4 is 5.32 Å². The van der Waals surface area contributed by atoms with E-state index in [0.29, 0.717) is 27.9 Å². The van der Waals surface area contributed by atoms with Gasteiger partial charge in [0.25, 0.3) is 5.91 Å². The Morgan fingerprint density at radius 3 is 2.69 bits per heavy atom. The summed E-state index contributed by atoms with van der Waals surface area (Å²) in [5.74, 6) is -0.397. The van der Waals surface area contributed by atoms with Crippen LogP contribution in [0.2, 0.25) is 0 Å². The third kappa shape index (κ3) is 3.32. The van der Waals surface area contributed by atoms with Gasteiger partial charge in [-0.1, -0.05) is 18.2 Å². The van der Waals surface area contributed by atoms with Gasteiger partial charge >= 0.3 is 0 Å². The Morgan fingerprint density at radius 2 is 1.88 bits per heavy atom. The molecule has 1 aromatic heterocycles. The van der Waals surface area contributed by atoms with Gasteiger partial charge in [-0.15, -0.1) is 0 Å². The van der Waals surface area contributed by atoms with Crippen molar-refractivity contribution in [2.45, 2.75) is 0 Å². The molecule has 0 aliphatic heterocycles. The fourth-order valence-electron chi connectivity index (χ4n) is 2.59. The fourth-order valence-corrected chi connectivity index (χ4v) is 3.13. The summed E-state index contributed by atoms with van der Waals surface area (Å²) in [6, 6.07) is 18.7. The second kappa shape index (κ2) is 6.87. The van der Waals surface area contributed by atoms with Crippen LogP contribution in [0, 0.1) is 9.39 Å². The molecule has 0 fully saturated rings. The molecule has 1 heterocycles. The smallest absolute Gasteiger partial charge is 0.255 e. The molecule has 0 radical (unpaired) electrons. The van der Waals surface area contributed by atoms with Gasteiger partial charge in [-0.3, -0.25) is 4.79 Å². The van der Waals surface area contributed by atoms with Crippen molar-refractivity contribution < 1.29 is 13.6 Å². The van der Waals surface area contributed by atoms with Crippen molar-refractivity contribution in [2.75, 3.05) is 5.32 Å². The number of carbonyl (C=O) groups is 1. The van der Waals surface area contributed by atoms with E-state index in [1.54, 1.807) is 48.5 Å². The number of halogens is 2. The number of amides is 1. The second-order valence-corrected chi connectivity index (χ2v) is 6.89.